The molecule has 18 heavy (non-hydrogen) atoms. The van der Waals surface area contributed by atoms with Crippen molar-refractivity contribution >= 4 is 5.91 Å². The minimum absolute atomic E-state index is 0.0706. The van der Waals surface area contributed by atoms with Crippen molar-refractivity contribution < 1.29 is 18.7 Å². The van der Waals surface area contributed by atoms with Crippen molar-refractivity contribution in [3.8, 4) is 5.75 Å². The van der Waals surface area contributed by atoms with E-state index in [0.717, 1.165) is 11.6 Å². The number of carbonyl (C=O) groups is 1. The van der Waals surface area contributed by atoms with Crippen LogP contribution in [0.5, 0.6) is 5.75 Å². The fraction of sp³-hybridized carbons (Fsp3) is 0.154. The van der Waals surface area contributed by atoms with Crippen LogP contribution in [0.15, 0.2) is 41.2 Å². The Morgan fingerprint density at radius 1 is 1.44 bits per heavy atom. The van der Waals surface area contributed by atoms with Crippen LogP contribution in [-0.2, 0) is 6.54 Å². The molecule has 0 aliphatic heterocycles. The van der Waals surface area contributed by atoms with Gasteiger partial charge in [0.1, 0.15) is 11.6 Å². The summed E-state index contributed by atoms with van der Waals surface area (Å²) in [6.45, 7) is 0.329. The number of carbonyl (C=O) groups excluding carboxylic acids is 1. The third kappa shape index (κ3) is 2.51. The maximum absolute atomic E-state index is 13.5. The summed E-state index contributed by atoms with van der Waals surface area (Å²) < 4.78 is 18.4. The molecule has 1 heterocycles. The third-order valence-corrected chi connectivity index (χ3v) is 2.53. The Labute approximate surface area is 103 Å². The van der Waals surface area contributed by atoms with E-state index in [4.69, 9.17) is 9.52 Å². The molecule has 2 aromatic rings. The van der Waals surface area contributed by atoms with Crippen LogP contribution in [0.1, 0.15) is 15.9 Å². The van der Waals surface area contributed by atoms with Gasteiger partial charge in [-0.1, -0.05) is 0 Å². The number of benzene rings is 1. The lowest BCUT2D eigenvalue weighted by molar-refractivity contribution is 0.0780. The first-order valence-electron chi connectivity index (χ1n) is 5.33. The zero-order valence-electron chi connectivity index (χ0n) is 9.76. The van der Waals surface area contributed by atoms with Gasteiger partial charge < -0.3 is 14.4 Å². The summed E-state index contributed by atoms with van der Waals surface area (Å²) in [5.74, 6) is -1.39. The molecule has 0 spiro atoms. The van der Waals surface area contributed by atoms with Crippen molar-refractivity contribution in [2.75, 3.05) is 7.05 Å². The Hall–Kier alpha value is -2.30. The molecule has 0 unspecified atom stereocenters. The largest absolute Gasteiger partial charge is 0.508 e. The number of hydrogen-bond donors (Lipinski definition) is 1. The number of hydrogen-bond acceptors (Lipinski definition) is 3. The highest BCUT2D eigenvalue weighted by Crippen LogP contribution is 2.17. The molecule has 5 heteroatoms. The summed E-state index contributed by atoms with van der Waals surface area (Å²) in [5, 5.41) is 9.09. The smallest absolute Gasteiger partial charge is 0.256 e. The van der Waals surface area contributed by atoms with Crippen LogP contribution in [-0.4, -0.2) is 23.0 Å². The molecular weight excluding hydrogens is 237 g/mol. The second kappa shape index (κ2) is 4.91. The molecule has 0 fully saturated rings. The first-order valence-corrected chi connectivity index (χ1v) is 5.33. The maximum Gasteiger partial charge on any atom is 0.256 e. The lowest BCUT2D eigenvalue weighted by Crippen LogP contribution is -2.26. The van der Waals surface area contributed by atoms with Crippen molar-refractivity contribution in [1.29, 1.82) is 0 Å². The Morgan fingerprint density at radius 3 is 2.83 bits per heavy atom. The number of aromatic hydroxyl groups is 1. The van der Waals surface area contributed by atoms with Gasteiger partial charge in [0.2, 0.25) is 0 Å². The number of phenols is 1. The molecule has 0 radical (unpaired) electrons. The van der Waals surface area contributed by atoms with Crippen molar-refractivity contribution in [1.82, 2.24) is 4.90 Å². The Bertz CT molecular complexity index is 551. The van der Waals surface area contributed by atoms with Gasteiger partial charge in [-0.05, 0) is 18.2 Å². The van der Waals surface area contributed by atoms with Gasteiger partial charge in [0, 0.05) is 25.2 Å². The van der Waals surface area contributed by atoms with Gasteiger partial charge in [0.25, 0.3) is 5.91 Å². The van der Waals surface area contributed by atoms with Gasteiger partial charge in [-0.15, -0.1) is 0 Å². The van der Waals surface area contributed by atoms with E-state index in [-0.39, 0.29) is 11.3 Å². The number of halogens is 1. The fourth-order valence-electron chi connectivity index (χ4n) is 1.61. The first-order chi connectivity index (χ1) is 8.58. The minimum atomic E-state index is -0.737. The molecule has 1 aromatic heterocycles. The van der Waals surface area contributed by atoms with Crippen molar-refractivity contribution in [3.05, 3.63) is 53.7 Å². The number of rotatable bonds is 3. The van der Waals surface area contributed by atoms with Gasteiger partial charge >= 0.3 is 0 Å². The molecule has 2 rings (SSSR count). The normalized spacial score (nSPS) is 10.3. The number of furan rings is 1. The standard InChI is InChI=1S/C13H12FNO3/c1-15(7-9-4-5-18-8-9)13(17)11-3-2-10(16)6-12(11)14/h2-6,8,16H,7H2,1H3. The highest BCUT2D eigenvalue weighted by atomic mass is 19.1. The van der Waals surface area contributed by atoms with Gasteiger partial charge in [0.05, 0.1) is 18.1 Å². The van der Waals surface area contributed by atoms with Gasteiger partial charge in [-0.3, -0.25) is 4.79 Å². The van der Waals surface area contributed by atoms with Crippen LogP contribution in [0.25, 0.3) is 0 Å². The van der Waals surface area contributed by atoms with Crippen LogP contribution < -0.4 is 0 Å². The lowest BCUT2D eigenvalue weighted by Gasteiger charge is -2.16. The van der Waals surface area contributed by atoms with Crippen LogP contribution >= 0.6 is 0 Å². The quantitative estimate of drug-likeness (QED) is 0.908. The average Bonchev–Trinajstić information content (AvgIpc) is 2.81. The fourth-order valence-corrected chi connectivity index (χ4v) is 1.61. The van der Waals surface area contributed by atoms with E-state index in [1.54, 1.807) is 13.1 Å². The van der Waals surface area contributed by atoms with E-state index in [9.17, 15) is 9.18 Å². The van der Waals surface area contributed by atoms with Crippen molar-refractivity contribution in [3.63, 3.8) is 0 Å². The molecular formula is C13H12FNO3. The summed E-state index contributed by atoms with van der Waals surface area (Å²) in [5.41, 5.74) is 0.754. The molecule has 0 saturated heterocycles. The molecule has 4 nitrogen and oxygen atoms in total. The Kier molecular flexibility index (Phi) is 3.32. The number of phenolic OH excluding ortho intramolecular Hbond substituents is 1. The highest BCUT2D eigenvalue weighted by molar-refractivity contribution is 5.94. The van der Waals surface area contributed by atoms with E-state index in [1.807, 2.05) is 0 Å². The molecule has 1 aromatic carbocycles. The van der Waals surface area contributed by atoms with E-state index in [0.29, 0.717) is 6.54 Å². The van der Waals surface area contributed by atoms with Crippen LogP contribution in [0.4, 0.5) is 4.39 Å². The van der Waals surface area contributed by atoms with Gasteiger partial charge in [-0.25, -0.2) is 4.39 Å². The predicted octanol–water partition coefficient (Wildman–Crippen LogP) is 2.40. The van der Waals surface area contributed by atoms with Crippen molar-refractivity contribution in [2.45, 2.75) is 6.54 Å². The molecule has 0 atom stereocenters. The molecule has 1 N–H and O–H groups in total. The Balaban J connectivity index is 2.15. The third-order valence-electron chi connectivity index (χ3n) is 2.53. The van der Waals surface area contributed by atoms with E-state index >= 15 is 0 Å². The summed E-state index contributed by atoms with van der Waals surface area (Å²) in [7, 11) is 1.57. The number of amides is 1. The predicted molar refractivity (Wildman–Crippen MR) is 62.6 cm³/mol. The molecule has 0 saturated carbocycles. The number of nitrogens with zero attached hydrogens (tertiary/aromatic N) is 1. The van der Waals surface area contributed by atoms with Crippen molar-refractivity contribution in [2.24, 2.45) is 0 Å². The summed E-state index contributed by atoms with van der Waals surface area (Å²) in [6, 6.07) is 5.19. The average molecular weight is 249 g/mol. The molecule has 0 aliphatic carbocycles. The van der Waals surface area contributed by atoms with Crippen LogP contribution in [0, 0.1) is 5.82 Å². The maximum atomic E-state index is 13.5. The lowest BCUT2D eigenvalue weighted by atomic mass is 10.1. The monoisotopic (exact) mass is 249 g/mol. The van der Waals surface area contributed by atoms with Crippen LogP contribution in [0.2, 0.25) is 0 Å². The van der Waals surface area contributed by atoms with Gasteiger partial charge in [-0.2, -0.15) is 0 Å². The van der Waals surface area contributed by atoms with Crippen LogP contribution in [0.3, 0.4) is 0 Å². The highest BCUT2D eigenvalue weighted by Gasteiger charge is 2.16. The minimum Gasteiger partial charge on any atom is -0.508 e. The van der Waals surface area contributed by atoms with Gasteiger partial charge in [0.15, 0.2) is 0 Å². The molecule has 1 amide bonds. The molecule has 0 bridgehead atoms. The zero-order valence-corrected chi connectivity index (χ0v) is 9.76. The first kappa shape index (κ1) is 12.2. The summed E-state index contributed by atoms with van der Waals surface area (Å²) in [4.78, 5) is 13.4. The second-order valence-corrected chi connectivity index (χ2v) is 3.96. The topological polar surface area (TPSA) is 53.7 Å². The molecule has 0 aliphatic rings. The van der Waals surface area contributed by atoms with E-state index < -0.39 is 11.7 Å². The zero-order chi connectivity index (χ0) is 13.1. The SMILES string of the molecule is CN(Cc1ccoc1)C(=O)c1ccc(O)cc1F. The van der Waals surface area contributed by atoms with E-state index in [2.05, 4.69) is 0 Å². The molecule has 94 valence electrons. The Morgan fingerprint density at radius 2 is 2.22 bits per heavy atom. The second-order valence-electron chi connectivity index (χ2n) is 3.96. The van der Waals surface area contributed by atoms with E-state index in [1.165, 1.54) is 29.6 Å². The summed E-state index contributed by atoms with van der Waals surface area (Å²) >= 11 is 0. The summed E-state index contributed by atoms with van der Waals surface area (Å²) in [6.07, 6.45) is 3.03.